The van der Waals surface area contributed by atoms with Crippen molar-refractivity contribution >= 4 is 5.91 Å². The molecule has 1 saturated heterocycles. The number of carbonyl (C=O) groups excluding carboxylic acids is 1. The van der Waals surface area contributed by atoms with Crippen LogP contribution in [-0.4, -0.2) is 25.0 Å². The highest BCUT2D eigenvalue weighted by Crippen LogP contribution is 2.23. The number of amides is 1. The van der Waals surface area contributed by atoms with Gasteiger partial charge >= 0.3 is 0 Å². The molecule has 0 aromatic heterocycles. The lowest BCUT2D eigenvalue weighted by Gasteiger charge is -2.24. The highest BCUT2D eigenvalue weighted by molar-refractivity contribution is 5.77. The molecule has 0 aliphatic carbocycles. The normalized spacial score (nSPS) is 17.7. The predicted molar refractivity (Wildman–Crippen MR) is 82.9 cm³/mol. The number of hydrogen-bond donors (Lipinski definition) is 2. The second-order valence-electron chi connectivity index (χ2n) is 5.81. The van der Waals surface area contributed by atoms with Gasteiger partial charge in [-0.05, 0) is 50.8 Å². The van der Waals surface area contributed by atoms with Crippen LogP contribution < -0.4 is 10.6 Å². The maximum atomic E-state index is 12.2. The van der Waals surface area contributed by atoms with Crippen molar-refractivity contribution in [2.75, 3.05) is 13.1 Å². The Hall–Kier alpha value is -1.35. The topological polar surface area (TPSA) is 41.1 Å². The van der Waals surface area contributed by atoms with E-state index in [1.165, 1.54) is 11.1 Å². The molecule has 1 aromatic rings. The Morgan fingerprint density at radius 1 is 1.30 bits per heavy atom. The number of benzene rings is 1. The Morgan fingerprint density at radius 2 is 1.95 bits per heavy atom. The van der Waals surface area contributed by atoms with Crippen molar-refractivity contribution in [1.82, 2.24) is 10.6 Å². The molecule has 3 heteroatoms. The molecule has 2 N–H and O–H groups in total. The summed E-state index contributed by atoms with van der Waals surface area (Å²) >= 11 is 0. The van der Waals surface area contributed by atoms with Crippen molar-refractivity contribution in [3.8, 4) is 0 Å². The molecule has 1 amide bonds. The lowest BCUT2D eigenvalue weighted by atomic mass is 9.92. The minimum atomic E-state index is 0.198. The second kappa shape index (κ2) is 7.44. The molecule has 0 spiro atoms. The second-order valence-corrected chi connectivity index (χ2v) is 5.81. The largest absolute Gasteiger partial charge is 0.353 e. The zero-order valence-corrected chi connectivity index (χ0v) is 12.6. The highest BCUT2D eigenvalue weighted by atomic mass is 16.1. The molecule has 1 unspecified atom stereocenters. The van der Waals surface area contributed by atoms with Gasteiger partial charge in [0.2, 0.25) is 5.91 Å². The van der Waals surface area contributed by atoms with E-state index in [1.807, 2.05) is 0 Å². The van der Waals surface area contributed by atoms with E-state index in [2.05, 4.69) is 48.7 Å². The van der Waals surface area contributed by atoms with Crippen LogP contribution in [0.25, 0.3) is 0 Å². The minimum Gasteiger partial charge on any atom is -0.353 e. The van der Waals surface area contributed by atoms with Crippen molar-refractivity contribution in [3.63, 3.8) is 0 Å². The van der Waals surface area contributed by atoms with Crippen LogP contribution in [0, 0.1) is 6.92 Å². The average Bonchev–Trinajstić information content (AvgIpc) is 2.47. The lowest BCUT2D eigenvalue weighted by Crippen LogP contribution is -2.43. The molecule has 1 aromatic carbocycles. The maximum absolute atomic E-state index is 12.2. The molecule has 1 atom stereocenters. The number of piperidine rings is 1. The number of carbonyl (C=O) groups is 1. The lowest BCUT2D eigenvalue weighted by molar-refractivity contribution is -0.122. The first-order valence-corrected chi connectivity index (χ1v) is 7.75. The van der Waals surface area contributed by atoms with Gasteiger partial charge in [-0.15, -0.1) is 0 Å². The summed E-state index contributed by atoms with van der Waals surface area (Å²) in [5, 5.41) is 6.51. The van der Waals surface area contributed by atoms with Gasteiger partial charge in [0.15, 0.2) is 0 Å². The number of aryl methyl sites for hydroxylation is 1. The van der Waals surface area contributed by atoms with E-state index in [0.29, 0.717) is 18.4 Å². The van der Waals surface area contributed by atoms with Crippen LogP contribution in [0.4, 0.5) is 0 Å². The predicted octanol–water partition coefficient (Wildman–Crippen LogP) is 2.75. The summed E-state index contributed by atoms with van der Waals surface area (Å²) in [5.41, 5.74) is 2.54. The molecule has 0 radical (unpaired) electrons. The van der Waals surface area contributed by atoms with Crippen LogP contribution in [0.5, 0.6) is 0 Å². The van der Waals surface area contributed by atoms with Crippen molar-refractivity contribution in [2.24, 2.45) is 0 Å². The number of rotatable bonds is 5. The molecule has 1 heterocycles. The summed E-state index contributed by atoms with van der Waals surface area (Å²) in [4.78, 5) is 12.2. The van der Waals surface area contributed by atoms with Crippen LogP contribution in [0.2, 0.25) is 0 Å². The summed E-state index contributed by atoms with van der Waals surface area (Å²) in [6.45, 7) is 6.27. The zero-order chi connectivity index (χ0) is 14.4. The third-order valence-corrected chi connectivity index (χ3v) is 4.18. The minimum absolute atomic E-state index is 0.198. The quantitative estimate of drug-likeness (QED) is 0.867. The first-order chi connectivity index (χ1) is 9.69. The first kappa shape index (κ1) is 15.0. The Morgan fingerprint density at radius 3 is 2.55 bits per heavy atom. The zero-order valence-electron chi connectivity index (χ0n) is 12.6. The fourth-order valence-corrected chi connectivity index (χ4v) is 2.81. The number of nitrogens with one attached hydrogen (secondary N) is 2. The Kier molecular flexibility index (Phi) is 5.60. The molecule has 0 bridgehead atoms. The third-order valence-electron chi connectivity index (χ3n) is 4.18. The molecular formula is C17H26N2O. The van der Waals surface area contributed by atoms with Crippen molar-refractivity contribution in [1.29, 1.82) is 0 Å². The Balaban J connectivity index is 1.88. The molecule has 1 aliphatic heterocycles. The van der Waals surface area contributed by atoms with Gasteiger partial charge in [0.05, 0.1) is 0 Å². The summed E-state index contributed by atoms with van der Waals surface area (Å²) in [5.74, 6) is 0.529. The molecule has 20 heavy (non-hydrogen) atoms. The average molecular weight is 274 g/mol. The fraction of sp³-hybridized carbons (Fsp3) is 0.588. The monoisotopic (exact) mass is 274 g/mol. The van der Waals surface area contributed by atoms with Gasteiger partial charge < -0.3 is 10.6 Å². The Bertz CT molecular complexity index is 421. The molecule has 1 aliphatic rings. The summed E-state index contributed by atoms with van der Waals surface area (Å²) in [6, 6.07) is 8.92. The van der Waals surface area contributed by atoms with E-state index in [9.17, 15) is 4.79 Å². The molecule has 2 rings (SSSR count). The van der Waals surface area contributed by atoms with E-state index in [1.54, 1.807) is 0 Å². The number of hydrogen-bond acceptors (Lipinski definition) is 2. The summed E-state index contributed by atoms with van der Waals surface area (Å²) in [7, 11) is 0. The standard InChI is InChI=1S/C17H26N2O/c1-3-14(15-6-4-13(2)5-7-15)12-17(20)19-16-8-10-18-11-9-16/h4-7,14,16,18H,3,8-12H2,1-2H3,(H,19,20). The van der Waals surface area contributed by atoms with Gasteiger partial charge in [-0.3, -0.25) is 4.79 Å². The van der Waals surface area contributed by atoms with Gasteiger partial charge in [0, 0.05) is 12.5 Å². The van der Waals surface area contributed by atoms with E-state index < -0.39 is 0 Å². The fourth-order valence-electron chi connectivity index (χ4n) is 2.81. The van der Waals surface area contributed by atoms with Crippen LogP contribution in [0.15, 0.2) is 24.3 Å². The molecule has 0 saturated carbocycles. The van der Waals surface area contributed by atoms with Gasteiger partial charge in [0.25, 0.3) is 0 Å². The van der Waals surface area contributed by atoms with Crippen molar-refractivity contribution < 1.29 is 4.79 Å². The molecule has 1 fully saturated rings. The molecule has 3 nitrogen and oxygen atoms in total. The molecule has 110 valence electrons. The van der Waals surface area contributed by atoms with Crippen LogP contribution in [0.3, 0.4) is 0 Å². The van der Waals surface area contributed by atoms with Gasteiger partial charge in [-0.25, -0.2) is 0 Å². The van der Waals surface area contributed by atoms with E-state index in [4.69, 9.17) is 0 Å². The van der Waals surface area contributed by atoms with Crippen LogP contribution in [0.1, 0.15) is 49.7 Å². The van der Waals surface area contributed by atoms with Crippen LogP contribution in [-0.2, 0) is 4.79 Å². The Labute approximate surface area is 122 Å². The van der Waals surface area contributed by atoms with Crippen molar-refractivity contribution in [3.05, 3.63) is 35.4 Å². The van der Waals surface area contributed by atoms with Gasteiger partial charge in [0.1, 0.15) is 0 Å². The first-order valence-electron chi connectivity index (χ1n) is 7.75. The smallest absolute Gasteiger partial charge is 0.220 e. The van der Waals surface area contributed by atoms with Crippen LogP contribution >= 0.6 is 0 Å². The highest BCUT2D eigenvalue weighted by Gasteiger charge is 2.18. The summed E-state index contributed by atoms with van der Waals surface area (Å²) in [6.07, 6.45) is 3.70. The van der Waals surface area contributed by atoms with E-state index in [0.717, 1.165) is 32.4 Å². The van der Waals surface area contributed by atoms with Gasteiger partial charge in [-0.1, -0.05) is 36.8 Å². The van der Waals surface area contributed by atoms with E-state index >= 15 is 0 Å². The third kappa shape index (κ3) is 4.34. The SMILES string of the molecule is CCC(CC(=O)NC1CCNCC1)c1ccc(C)cc1. The maximum Gasteiger partial charge on any atom is 0.220 e. The van der Waals surface area contributed by atoms with Gasteiger partial charge in [-0.2, -0.15) is 0 Å². The van der Waals surface area contributed by atoms with E-state index in [-0.39, 0.29) is 5.91 Å². The molecular weight excluding hydrogens is 248 g/mol. The van der Waals surface area contributed by atoms with Crippen molar-refractivity contribution in [2.45, 2.75) is 51.5 Å². The summed E-state index contributed by atoms with van der Waals surface area (Å²) < 4.78 is 0.